The first-order valence-corrected chi connectivity index (χ1v) is 6.62. The Morgan fingerprint density at radius 1 is 1.40 bits per heavy atom. The Bertz CT molecular complexity index is 161. The Labute approximate surface area is 94.5 Å². The van der Waals surface area contributed by atoms with Gasteiger partial charge < -0.3 is 10.4 Å². The number of aliphatic hydroxyl groups excluding tert-OH is 1. The molecule has 0 aromatic carbocycles. The molecule has 1 aliphatic rings. The summed E-state index contributed by atoms with van der Waals surface area (Å²) in [4.78, 5) is 0. The molecule has 0 aromatic rings. The van der Waals surface area contributed by atoms with Gasteiger partial charge >= 0.3 is 0 Å². The first kappa shape index (κ1) is 13.0. The Morgan fingerprint density at radius 3 is 2.80 bits per heavy atom. The molecule has 0 heterocycles. The number of nitrogens with one attached hydrogen (secondary N) is 1. The summed E-state index contributed by atoms with van der Waals surface area (Å²) < 4.78 is 0. The van der Waals surface area contributed by atoms with Crippen molar-refractivity contribution in [3.8, 4) is 0 Å². The molecule has 1 fully saturated rings. The van der Waals surface area contributed by atoms with Crippen LogP contribution in [0.1, 0.15) is 52.4 Å². The molecular weight excluding hydrogens is 186 g/mol. The Kier molecular flexibility index (Phi) is 6.26. The van der Waals surface area contributed by atoms with Crippen molar-refractivity contribution in [3.05, 3.63) is 0 Å². The van der Waals surface area contributed by atoms with Gasteiger partial charge in [-0.1, -0.05) is 26.7 Å². The summed E-state index contributed by atoms with van der Waals surface area (Å²) in [6.45, 7) is 6.78. The van der Waals surface area contributed by atoms with E-state index in [9.17, 15) is 5.11 Å². The van der Waals surface area contributed by atoms with Gasteiger partial charge in [-0.25, -0.2) is 0 Å². The van der Waals surface area contributed by atoms with Crippen LogP contribution in [0.15, 0.2) is 0 Å². The zero-order valence-electron chi connectivity index (χ0n) is 10.3. The summed E-state index contributed by atoms with van der Waals surface area (Å²) in [7, 11) is 0. The van der Waals surface area contributed by atoms with Gasteiger partial charge in [-0.2, -0.15) is 0 Å². The highest BCUT2D eigenvalue weighted by molar-refractivity contribution is 4.76. The van der Waals surface area contributed by atoms with E-state index in [1.54, 1.807) is 0 Å². The molecule has 0 bridgehead atoms. The minimum Gasteiger partial charge on any atom is -0.393 e. The molecule has 2 nitrogen and oxygen atoms in total. The second-order valence-electron chi connectivity index (χ2n) is 5.12. The quantitative estimate of drug-likeness (QED) is 0.637. The third kappa shape index (κ3) is 4.98. The summed E-state index contributed by atoms with van der Waals surface area (Å²) in [6.07, 6.45) is 7.18. The Balaban J connectivity index is 1.92. The van der Waals surface area contributed by atoms with Crippen LogP contribution in [-0.2, 0) is 0 Å². The molecule has 90 valence electrons. The minimum atomic E-state index is -0.000402. The standard InChI is InChI=1S/C13H27NO/c1-3-11(2)10-14-9-5-7-12-6-4-8-13(12)15/h11-15H,3-10H2,1-2H3. The number of aliphatic hydroxyl groups is 1. The molecule has 2 heteroatoms. The largest absolute Gasteiger partial charge is 0.393 e. The van der Waals surface area contributed by atoms with E-state index in [0.717, 1.165) is 25.4 Å². The highest BCUT2D eigenvalue weighted by Crippen LogP contribution is 2.28. The van der Waals surface area contributed by atoms with E-state index in [2.05, 4.69) is 19.2 Å². The molecule has 15 heavy (non-hydrogen) atoms. The minimum absolute atomic E-state index is 0.000402. The van der Waals surface area contributed by atoms with Gasteiger partial charge in [0.05, 0.1) is 6.10 Å². The van der Waals surface area contributed by atoms with Crippen LogP contribution in [0.25, 0.3) is 0 Å². The maximum Gasteiger partial charge on any atom is 0.0568 e. The van der Waals surface area contributed by atoms with Crippen molar-refractivity contribution in [1.29, 1.82) is 0 Å². The zero-order chi connectivity index (χ0) is 11.1. The lowest BCUT2D eigenvalue weighted by molar-refractivity contribution is 0.126. The van der Waals surface area contributed by atoms with Crippen LogP contribution in [0.5, 0.6) is 0 Å². The van der Waals surface area contributed by atoms with Crippen molar-refractivity contribution in [2.75, 3.05) is 13.1 Å². The lowest BCUT2D eigenvalue weighted by atomic mass is 10.00. The van der Waals surface area contributed by atoms with Gasteiger partial charge in [-0.3, -0.25) is 0 Å². The lowest BCUT2D eigenvalue weighted by Gasteiger charge is -2.15. The average molecular weight is 213 g/mol. The third-order valence-electron chi connectivity index (χ3n) is 3.74. The maximum absolute atomic E-state index is 9.65. The Hall–Kier alpha value is -0.0800. The van der Waals surface area contributed by atoms with Crippen molar-refractivity contribution in [2.24, 2.45) is 11.8 Å². The topological polar surface area (TPSA) is 32.3 Å². The molecule has 1 rings (SSSR count). The fraction of sp³-hybridized carbons (Fsp3) is 1.00. The lowest BCUT2D eigenvalue weighted by Crippen LogP contribution is -2.23. The van der Waals surface area contributed by atoms with Crippen molar-refractivity contribution >= 4 is 0 Å². The van der Waals surface area contributed by atoms with Crippen LogP contribution in [0.3, 0.4) is 0 Å². The Morgan fingerprint density at radius 2 is 2.20 bits per heavy atom. The smallest absolute Gasteiger partial charge is 0.0568 e. The van der Waals surface area contributed by atoms with E-state index < -0.39 is 0 Å². The van der Waals surface area contributed by atoms with E-state index in [0.29, 0.717) is 5.92 Å². The predicted molar refractivity (Wildman–Crippen MR) is 64.9 cm³/mol. The molecule has 3 atom stereocenters. The van der Waals surface area contributed by atoms with E-state index in [1.807, 2.05) is 0 Å². The van der Waals surface area contributed by atoms with Gasteiger partial charge in [0.15, 0.2) is 0 Å². The van der Waals surface area contributed by atoms with Crippen LogP contribution >= 0.6 is 0 Å². The van der Waals surface area contributed by atoms with Crippen LogP contribution in [0.4, 0.5) is 0 Å². The van der Waals surface area contributed by atoms with Gasteiger partial charge in [0.25, 0.3) is 0 Å². The van der Waals surface area contributed by atoms with E-state index >= 15 is 0 Å². The zero-order valence-corrected chi connectivity index (χ0v) is 10.3. The van der Waals surface area contributed by atoms with Crippen molar-refractivity contribution in [3.63, 3.8) is 0 Å². The fourth-order valence-corrected chi connectivity index (χ4v) is 2.34. The van der Waals surface area contributed by atoms with Gasteiger partial charge in [0.2, 0.25) is 0 Å². The van der Waals surface area contributed by atoms with Crippen LogP contribution < -0.4 is 5.32 Å². The molecule has 3 unspecified atom stereocenters. The molecule has 0 spiro atoms. The number of hydrogen-bond acceptors (Lipinski definition) is 2. The highest BCUT2D eigenvalue weighted by atomic mass is 16.3. The third-order valence-corrected chi connectivity index (χ3v) is 3.74. The van der Waals surface area contributed by atoms with E-state index in [1.165, 1.54) is 32.1 Å². The average Bonchev–Trinajstić information content (AvgIpc) is 2.63. The maximum atomic E-state index is 9.65. The number of rotatable bonds is 7. The molecule has 0 saturated heterocycles. The van der Waals surface area contributed by atoms with Crippen LogP contribution in [0.2, 0.25) is 0 Å². The molecular formula is C13H27NO. The van der Waals surface area contributed by atoms with E-state index in [-0.39, 0.29) is 6.10 Å². The van der Waals surface area contributed by atoms with Gasteiger partial charge in [-0.05, 0) is 50.6 Å². The molecule has 0 aliphatic heterocycles. The summed E-state index contributed by atoms with van der Waals surface area (Å²) in [5, 5.41) is 13.1. The van der Waals surface area contributed by atoms with Crippen molar-refractivity contribution in [2.45, 2.75) is 58.5 Å². The molecule has 2 N–H and O–H groups in total. The fourth-order valence-electron chi connectivity index (χ4n) is 2.34. The second kappa shape index (κ2) is 7.24. The molecule has 0 amide bonds. The normalized spacial score (nSPS) is 28.2. The van der Waals surface area contributed by atoms with Gasteiger partial charge in [0.1, 0.15) is 0 Å². The molecule has 0 radical (unpaired) electrons. The predicted octanol–water partition coefficient (Wildman–Crippen LogP) is 2.56. The van der Waals surface area contributed by atoms with Crippen molar-refractivity contribution in [1.82, 2.24) is 5.32 Å². The second-order valence-corrected chi connectivity index (χ2v) is 5.12. The first-order chi connectivity index (χ1) is 7.24. The van der Waals surface area contributed by atoms with Crippen LogP contribution in [0, 0.1) is 11.8 Å². The summed E-state index contributed by atoms with van der Waals surface area (Å²) >= 11 is 0. The monoisotopic (exact) mass is 213 g/mol. The SMILES string of the molecule is CCC(C)CNCCCC1CCCC1O. The summed E-state index contributed by atoms with van der Waals surface area (Å²) in [5.41, 5.74) is 0. The van der Waals surface area contributed by atoms with Crippen molar-refractivity contribution < 1.29 is 5.11 Å². The van der Waals surface area contributed by atoms with E-state index in [4.69, 9.17) is 0 Å². The van der Waals surface area contributed by atoms with Gasteiger partial charge in [-0.15, -0.1) is 0 Å². The molecule has 0 aromatic heterocycles. The first-order valence-electron chi connectivity index (χ1n) is 6.62. The van der Waals surface area contributed by atoms with Crippen LogP contribution in [-0.4, -0.2) is 24.3 Å². The van der Waals surface area contributed by atoms with Gasteiger partial charge in [0, 0.05) is 0 Å². The summed E-state index contributed by atoms with van der Waals surface area (Å²) in [6, 6.07) is 0. The summed E-state index contributed by atoms with van der Waals surface area (Å²) in [5.74, 6) is 1.39. The number of hydrogen-bond donors (Lipinski definition) is 2. The highest BCUT2D eigenvalue weighted by Gasteiger charge is 2.24. The molecule has 1 saturated carbocycles. The molecule has 1 aliphatic carbocycles.